The van der Waals surface area contributed by atoms with Crippen LogP contribution in [-0.4, -0.2) is 72.1 Å². The first-order valence-corrected chi connectivity index (χ1v) is 11.1. The quantitative estimate of drug-likeness (QED) is 0.435. The topological polar surface area (TPSA) is 99.3 Å². The third-order valence-electron chi connectivity index (χ3n) is 5.52. The summed E-state index contributed by atoms with van der Waals surface area (Å²) in [6.45, 7) is 4.16. The van der Waals surface area contributed by atoms with Crippen molar-refractivity contribution in [1.82, 2.24) is 25.5 Å². The zero-order valence-corrected chi connectivity index (χ0v) is 18.7. The van der Waals surface area contributed by atoms with Crippen LogP contribution in [-0.2, 0) is 16.0 Å². The lowest BCUT2D eigenvalue weighted by atomic mass is 10.0. The molecule has 3 aromatic rings. The van der Waals surface area contributed by atoms with Crippen LogP contribution in [0, 0.1) is 5.82 Å². The molecule has 8 nitrogen and oxygen atoms in total. The second kappa shape index (κ2) is 10.7. The molecular weight excluding hydrogens is 449 g/mol. The van der Waals surface area contributed by atoms with Gasteiger partial charge in [0.25, 0.3) is 5.91 Å². The Morgan fingerprint density at radius 1 is 1.21 bits per heavy atom. The van der Waals surface area contributed by atoms with E-state index in [1.54, 1.807) is 30.5 Å². The van der Waals surface area contributed by atoms with E-state index in [9.17, 15) is 14.0 Å². The number of hydrogen-bond donors (Lipinski definition) is 3. The summed E-state index contributed by atoms with van der Waals surface area (Å²) in [4.78, 5) is 35.1. The van der Waals surface area contributed by atoms with E-state index in [-0.39, 0.29) is 18.1 Å². The number of amides is 2. The number of aromatic amines is 1. The minimum Gasteiger partial charge on any atom is -0.379 e. The van der Waals surface area contributed by atoms with E-state index in [1.165, 1.54) is 12.1 Å². The number of hydrogen-bond acceptors (Lipinski definition) is 5. The van der Waals surface area contributed by atoms with Crippen molar-refractivity contribution in [2.45, 2.75) is 12.5 Å². The number of carbonyl (C=O) groups excluding carboxylic acids is 2. The van der Waals surface area contributed by atoms with Gasteiger partial charge in [-0.05, 0) is 29.8 Å². The Bertz CT molecular complexity index is 1110. The highest BCUT2D eigenvalue weighted by atomic mass is 35.5. The zero-order valence-electron chi connectivity index (χ0n) is 17.9. The van der Waals surface area contributed by atoms with E-state index >= 15 is 0 Å². The van der Waals surface area contributed by atoms with Crippen molar-refractivity contribution >= 4 is 34.3 Å². The second-order valence-electron chi connectivity index (χ2n) is 7.88. The summed E-state index contributed by atoms with van der Waals surface area (Å²) in [5, 5.41) is 6.76. The van der Waals surface area contributed by atoms with Gasteiger partial charge in [-0.3, -0.25) is 14.5 Å². The molecule has 3 heterocycles. The van der Waals surface area contributed by atoms with Crippen molar-refractivity contribution < 1.29 is 18.7 Å². The number of pyridine rings is 1. The van der Waals surface area contributed by atoms with Crippen molar-refractivity contribution in [2.24, 2.45) is 0 Å². The minimum atomic E-state index is -0.833. The molecule has 0 aliphatic carbocycles. The maximum absolute atomic E-state index is 13.3. The number of halogens is 2. The Morgan fingerprint density at radius 3 is 2.73 bits per heavy atom. The molecule has 2 amide bonds. The van der Waals surface area contributed by atoms with Gasteiger partial charge in [-0.2, -0.15) is 0 Å². The SMILES string of the molecule is O=C(N[C@@H](Cc1ccc(F)cc1)C(=O)NCCN1CCOCC1)c1cc2cc(Cl)ncc2[nH]1. The van der Waals surface area contributed by atoms with Gasteiger partial charge in [0.2, 0.25) is 5.91 Å². The van der Waals surface area contributed by atoms with E-state index in [1.807, 2.05) is 0 Å². The van der Waals surface area contributed by atoms with E-state index in [0.29, 0.717) is 42.7 Å². The van der Waals surface area contributed by atoms with Crippen LogP contribution < -0.4 is 10.6 Å². The van der Waals surface area contributed by atoms with E-state index < -0.39 is 11.9 Å². The predicted octanol–water partition coefficient (Wildman–Crippen LogP) is 2.14. The van der Waals surface area contributed by atoms with Gasteiger partial charge >= 0.3 is 0 Å². The molecule has 0 bridgehead atoms. The molecule has 1 atom stereocenters. The Hall–Kier alpha value is -3.01. The van der Waals surface area contributed by atoms with Gasteiger partial charge in [0.1, 0.15) is 22.7 Å². The highest BCUT2D eigenvalue weighted by molar-refractivity contribution is 6.30. The van der Waals surface area contributed by atoms with Gasteiger partial charge in [-0.15, -0.1) is 0 Å². The first-order chi connectivity index (χ1) is 16.0. The number of aromatic nitrogens is 2. The highest BCUT2D eigenvalue weighted by Crippen LogP contribution is 2.18. The zero-order chi connectivity index (χ0) is 23.2. The van der Waals surface area contributed by atoms with Crippen LogP contribution in [0.2, 0.25) is 5.15 Å². The Morgan fingerprint density at radius 2 is 1.97 bits per heavy atom. The van der Waals surface area contributed by atoms with Crippen LogP contribution in [0.1, 0.15) is 16.1 Å². The summed E-state index contributed by atoms with van der Waals surface area (Å²) in [5.41, 5.74) is 1.69. The van der Waals surface area contributed by atoms with Gasteiger partial charge in [0, 0.05) is 38.0 Å². The molecule has 1 saturated heterocycles. The first kappa shape index (κ1) is 23.2. The largest absolute Gasteiger partial charge is 0.379 e. The molecule has 0 spiro atoms. The number of rotatable bonds is 8. The van der Waals surface area contributed by atoms with Crippen LogP contribution in [0.25, 0.3) is 10.9 Å². The van der Waals surface area contributed by atoms with Crippen LogP contribution in [0.4, 0.5) is 4.39 Å². The van der Waals surface area contributed by atoms with Gasteiger partial charge < -0.3 is 20.4 Å². The summed E-state index contributed by atoms with van der Waals surface area (Å²) < 4.78 is 18.6. The molecule has 3 N–H and O–H groups in total. The number of nitrogens with one attached hydrogen (secondary N) is 3. The number of benzene rings is 1. The fourth-order valence-electron chi connectivity index (χ4n) is 3.71. The van der Waals surface area contributed by atoms with Crippen LogP contribution in [0.15, 0.2) is 42.6 Å². The molecule has 33 heavy (non-hydrogen) atoms. The number of nitrogens with zero attached hydrogens (tertiary/aromatic N) is 2. The number of H-pyrrole nitrogens is 1. The molecular formula is C23H25ClFN5O3. The summed E-state index contributed by atoms with van der Waals surface area (Å²) >= 11 is 5.92. The smallest absolute Gasteiger partial charge is 0.268 e. The summed E-state index contributed by atoms with van der Waals surface area (Å²) in [7, 11) is 0. The third-order valence-corrected chi connectivity index (χ3v) is 5.73. The molecule has 2 aromatic heterocycles. The van der Waals surface area contributed by atoms with E-state index in [0.717, 1.165) is 24.0 Å². The Labute approximate surface area is 195 Å². The maximum Gasteiger partial charge on any atom is 0.268 e. The maximum atomic E-state index is 13.3. The van der Waals surface area contributed by atoms with E-state index in [2.05, 4.69) is 25.5 Å². The van der Waals surface area contributed by atoms with Crippen molar-refractivity contribution in [1.29, 1.82) is 0 Å². The molecule has 0 saturated carbocycles. The monoisotopic (exact) mass is 473 g/mol. The number of morpholine rings is 1. The van der Waals surface area contributed by atoms with E-state index in [4.69, 9.17) is 16.3 Å². The van der Waals surface area contributed by atoms with Crippen molar-refractivity contribution in [3.63, 3.8) is 0 Å². The molecule has 10 heteroatoms. The van der Waals surface area contributed by atoms with Crippen molar-refractivity contribution in [2.75, 3.05) is 39.4 Å². The second-order valence-corrected chi connectivity index (χ2v) is 8.27. The highest BCUT2D eigenvalue weighted by Gasteiger charge is 2.23. The minimum absolute atomic E-state index is 0.225. The van der Waals surface area contributed by atoms with Crippen LogP contribution >= 0.6 is 11.6 Å². The summed E-state index contributed by atoms with van der Waals surface area (Å²) in [6, 6.07) is 8.35. The molecule has 4 rings (SSSR count). The Balaban J connectivity index is 1.44. The van der Waals surface area contributed by atoms with Gasteiger partial charge in [-0.25, -0.2) is 9.37 Å². The lowest BCUT2D eigenvalue weighted by Crippen LogP contribution is -2.50. The molecule has 174 valence electrons. The standard InChI is InChI=1S/C23H25ClFN5O3/c24-21-13-16-12-19(28-20(16)14-27-21)23(32)29-18(11-15-1-3-17(25)4-2-15)22(31)26-5-6-30-7-9-33-10-8-30/h1-4,12-14,18,28H,5-11H2,(H,26,31)(H,29,32)/t18-/m0/s1. The van der Waals surface area contributed by atoms with Gasteiger partial charge in [0.05, 0.1) is 24.9 Å². The Kier molecular flexibility index (Phi) is 7.54. The van der Waals surface area contributed by atoms with Gasteiger partial charge in [0.15, 0.2) is 0 Å². The first-order valence-electron chi connectivity index (χ1n) is 10.8. The molecule has 1 aliphatic heterocycles. The van der Waals surface area contributed by atoms with Crippen LogP contribution in [0.3, 0.4) is 0 Å². The average molecular weight is 474 g/mol. The molecule has 1 aromatic carbocycles. The lowest BCUT2D eigenvalue weighted by Gasteiger charge is -2.27. The summed E-state index contributed by atoms with van der Waals surface area (Å²) in [6.07, 6.45) is 1.77. The third kappa shape index (κ3) is 6.28. The predicted molar refractivity (Wildman–Crippen MR) is 123 cm³/mol. The number of carbonyl (C=O) groups is 2. The van der Waals surface area contributed by atoms with Gasteiger partial charge in [-0.1, -0.05) is 23.7 Å². The van der Waals surface area contributed by atoms with Crippen molar-refractivity contribution in [3.8, 4) is 0 Å². The normalized spacial score (nSPS) is 15.3. The molecule has 0 unspecified atom stereocenters. The average Bonchev–Trinajstić information content (AvgIpc) is 3.24. The number of ether oxygens (including phenoxy) is 1. The molecule has 0 radical (unpaired) electrons. The fourth-order valence-corrected chi connectivity index (χ4v) is 3.88. The van der Waals surface area contributed by atoms with Crippen molar-refractivity contribution in [3.05, 3.63) is 64.8 Å². The van der Waals surface area contributed by atoms with Crippen LogP contribution in [0.5, 0.6) is 0 Å². The number of fused-ring (bicyclic) bond motifs is 1. The fraction of sp³-hybridized carbons (Fsp3) is 0.348. The lowest BCUT2D eigenvalue weighted by molar-refractivity contribution is -0.123. The molecule has 1 aliphatic rings. The summed E-state index contributed by atoms with van der Waals surface area (Å²) in [5.74, 6) is -1.10. The molecule has 1 fully saturated rings.